The standard InChI is InChI=1S/C8H12N4/c1-6-3-2-4-7(12-6)5-11-8(9)10/h2-4H,5H2,1H3,(H4,9,10,11). The van der Waals surface area contributed by atoms with Gasteiger partial charge in [-0.25, -0.2) is 4.99 Å². The van der Waals surface area contributed by atoms with E-state index >= 15 is 0 Å². The summed E-state index contributed by atoms with van der Waals surface area (Å²) in [5, 5.41) is 0. The van der Waals surface area contributed by atoms with Gasteiger partial charge in [0.1, 0.15) is 0 Å². The summed E-state index contributed by atoms with van der Waals surface area (Å²) in [7, 11) is 0. The van der Waals surface area contributed by atoms with Gasteiger partial charge in [0, 0.05) is 5.69 Å². The maximum absolute atomic E-state index is 5.18. The summed E-state index contributed by atoms with van der Waals surface area (Å²) < 4.78 is 0. The monoisotopic (exact) mass is 164 g/mol. The molecule has 0 aliphatic rings. The minimum Gasteiger partial charge on any atom is -0.370 e. The minimum atomic E-state index is 0.0957. The van der Waals surface area contributed by atoms with Crippen molar-refractivity contribution in [2.75, 3.05) is 0 Å². The van der Waals surface area contributed by atoms with Gasteiger partial charge in [-0.1, -0.05) is 6.07 Å². The van der Waals surface area contributed by atoms with E-state index in [0.29, 0.717) is 6.54 Å². The zero-order chi connectivity index (χ0) is 8.97. The second-order valence-electron chi connectivity index (χ2n) is 2.51. The first-order valence-electron chi connectivity index (χ1n) is 3.66. The lowest BCUT2D eigenvalue weighted by Gasteiger charge is -1.97. The molecule has 0 unspecified atom stereocenters. The van der Waals surface area contributed by atoms with Crippen molar-refractivity contribution < 1.29 is 0 Å². The number of guanidine groups is 1. The van der Waals surface area contributed by atoms with Gasteiger partial charge in [0.05, 0.1) is 12.2 Å². The number of nitrogens with two attached hydrogens (primary N) is 2. The molecule has 0 bridgehead atoms. The first-order valence-corrected chi connectivity index (χ1v) is 3.66. The van der Waals surface area contributed by atoms with E-state index in [2.05, 4.69) is 9.98 Å². The Morgan fingerprint density at radius 1 is 1.50 bits per heavy atom. The van der Waals surface area contributed by atoms with Crippen molar-refractivity contribution in [3.05, 3.63) is 29.6 Å². The number of hydrogen-bond donors (Lipinski definition) is 2. The first kappa shape index (κ1) is 8.52. The van der Waals surface area contributed by atoms with E-state index in [4.69, 9.17) is 11.5 Å². The Labute approximate surface area is 71.3 Å². The minimum absolute atomic E-state index is 0.0957. The van der Waals surface area contributed by atoms with Crippen LogP contribution in [-0.4, -0.2) is 10.9 Å². The van der Waals surface area contributed by atoms with Gasteiger partial charge in [-0.2, -0.15) is 0 Å². The van der Waals surface area contributed by atoms with Crippen molar-refractivity contribution in [2.45, 2.75) is 13.5 Å². The Kier molecular flexibility index (Phi) is 2.63. The highest BCUT2D eigenvalue weighted by Gasteiger charge is 1.92. The zero-order valence-electron chi connectivity index (χ0n) is 6.99. The summed E-state index contributed by atoms with van der Waals surface area (Å²) in [6, 6.07) is 5.75. The van der Waals surface area contributed by atoms with E-state index in [1.165, 1.54) is 0 Å². The molecule has 0 aliphatic heterocycles. The molecule has 0 radical (unpaired) electrons. The highest BCUT2D eigenvalue weighted by molar-refractivity contribution is 5.75. The smallest absolute Gasteiger partial charge is 0.186 e. The molecule has 64 valence electrons. The van der Waals surface area contributed by atoms with Crippen LogP contribution in [0.25, 0.3) is 0 Å². The van der Waals surface area contributed by atoms with E-state index in [1.807, 2.05) is 25.1 Å². The molecule has 0 atom stereocenters. The average molecular weight is 164 g/mol. The zero-order valence-corrected chi connectivity index (χ0v) is 6.99. The first-order chi connectivity index (χ1) is 5.68. The number of pyridine rings is 1. The van der Waals surface area contributed by atoms with Gasteiger partial charge in [-0.15, -0.1) is 0 Å². The fourth-order valence-corrected chi connectivity index (χ4v) is 0.860. The number of aryl methyl sites for hydroxylation is 1. The Balaban J connectivity index is 2.70. The summed E-state index contributed by atoms with van der Waals surface area (Å²) in [5.41, 5.74) is 12.2. The Hall–Kier alpha value is -1.58. The lowest BCUT2D eigenvalue weighted by Crippen LogP contribution is -2.22. The number of nitrogens with zero attached hydrogens (tertiary/aromatic N) is 2. The summed E-state index contributed by atoms with van der Waals surface area (Å²) in [6.45, 7) is 2.38. The van der Waals surface area contributed by atoms with Crippen LogP contribution in [0.4, 0.5) is 0 Å². The van der Waals surface area contributed by atoms with Crippen molar-refractivity contribution in [1.29, 1.82) is 0 Å². The largest absolute Gasteiger partial charge is 0.370 e. The summed E-state index contributed by atoms with van der Waals surface area (Å²) in [4.78, 5) is 8.07. The fourth-order valence-electron chi connectivity index (χ4n) is 0.860. The van der Waals surface area contributed by atoms with E-state index in [9.17, 15) is 0 Å². The molecule has 12 heavy (non-hydrogen) atoms. The molecule has 0 saturated carbocycles. The lowest BCUT2D eigenvalue weighted by molar-refractivity contribution is 0.963. The van der Waals surface area contributed by atoms with Crippen LogP contribution in [0.2, 0.25) is 0 Å². The molecule has 4 heteroatoms. The van der Waals surface area contributed by atoms with Crippen molar-refractivity contribution >= 4 is 5.96 Å². The van der Waals surface area contributed by atoms with Gasteiger partial charge in [0.15, 0.2) is 5.96 Å². The van der Waals surface area contributed by atoms with E-state index < -0.39 is 0 Å². The van der Waals surface area contributed by atoms with Gasteiger partial charge < -0.3 is 11.5 Å². The highest BCUT2D eigenvalue weighted by atomic mass is 15.0. The number of hydrogen-bond acceptors (Lipinski definition) is 2. The molecule has 1 rings (SSSR count). The Morgan fingerprint density at radius 3 is 2.83 bits per heavy atom. The topological polar surface area (TPSA) is 77.3 Å². The van der Waals surface area contributed by atoms with Gasteiger partial charge in [-0.05, 0) is 19.1 Å². The average Bonchev–Trinajstić information content (AvgIpc) is 2.01. The quantitative estimate of drug-likeness (QED) is 0.483. The molecule has 4 N–H and O–H groups in total. The van der Waals surface area contributed by atoms with Crippen LogP contribution < -0.4 is 11.5 Å². The Bertz CT molecular complexity index is 289. The molecule has 0 amide bonds. The maximum Gasteiger partial charge on any atom is 0.186 e. The van der Waals surface area contributed by atoms with Gasteiger partial charge >= 0.3 is 0 Å². The molecule has 0 aromatic carbocycles. The van der Waals surface area contributed by atoms with Crippen LogP contribution in [0.1, 0.15) is 11.4 Å². The van der Waals surface area contributed by atoms with Crippen LogP contribution in [-0.2, 0) is 6.54 Å². The fraction of sp³-hybridized carbons (Fsp3) is 0.250. The second kappa shape index (κ2) is 3.71. The number of aliphatic imine (C=N–C) groups is 1. The number of rotatable bonds is 2. The molecular formula is C8H12N4. The summed E-state index contributed by atoms with van der Waals surface area (Å²) in [5.74, 6) is 0.0957. The molecule has 0 saturated heterocycles. The maximum atomic E-state index is 5.18. The van der Waals surface area contributed by atoms with Gasteiger partial charge in [-0.3, -0.25) is 4.98 Å². The molecule has 4 nitrogen and oxygen atoms in total. The second-order valence-corrected chi connectivity index (χ2v) is 2.51. The third-order valence-corrected chi connectivity index (χ3v) is 1.37. The lowest BCUT2D eigenvalue weighted by atomic mass is 10.3. The van der Waals surface area contributed by atoms with E-state index in [-0.39, 0.29) is 5.96 Å². The predicted molar refractivity (Wildman–Crippen MR) is 48.5 cm³/mol. The molecular weight excluding hydrogens is 152 g/mol. The molecule has 0 spiro atoms. The van der Waals surface area contributed by atoms with Crippen LogP contribution in [0.15, 0.2) is 23.2 Å². The number of aromatic nitrogens is 1. The van der Waals surface area contributed by atoms with Crippen molar-refractivity contribution in [2.24, 2.45) is 16.5 Å². The molecule has 0 fully saturated rings. The van der Waals surface area contributed by atoms with Gasteiger partial charge in [0.25, 0.3) is 0 Å². The SMILES string of the molecule is Cc1cccc(CN=C(N)N)n1. The predicted octanol–water partition coefficient (Wildman–Crippen LogP) is 0.163. The van der Waals surface area contributed by atoms with E-state index in [0.717, 1.165) is 11.4 Å². The molecule has 1 aromatic rings. The highest BCUT2D eigenvalue weighted by Crippen LogP contribution is 1.98. The summed E-state index contributed by atoms with van der Waals surface area (Å²) >= 11 is 0. The van der Waals surface area contributed by atoms with Crippen molar-refractivity contribution in [3.63, 3.8) is 0 Å². The molecule has 1 aromatic heterocycles. The van der Waals surface area contributed by atoms with Crippen LogP contribution in [0.3, 0.4) is 0 Å². The van der Waals surface area contributed by atoms with Crippen molar-refractivity contribution in [3.8, 4) is 0 Å². The third-order valence-electron chi connectivity index (χ3n) is 1.37. The van der Waals surface area contributed by atoms with Crippen molar-refractivity contribution in [1.82, 2.24) is 4.98 Å². The Morgan fingerprint density at radius 2 is 2.25 bits per heavy atom. The molecule has 1 heterocycles. The van der Waals surface area contributed by atoms with Crippen LogP contribution in [0.5, 0.6) is 0 Å². The van der Waals surface area contributed by atoms with E-state index in [1.54, 1.807) is 0 Å². The van der Waals surface area contributed by atoms with Gasteiger partial charge in [0.2, 0.25) is 0 Å². The third kappa shape index (κ3) is 2.57. The van der Waals surface area contributed by atoms with Crippen LogP contribution in [0, 0.1) is 6.92 Å². The summed E-state index contributed by atoms with van der Waals surface area (Å²) in [6.07, 6.45) is 0. The normalized spacial score (nSPS) is 9.42. The molecule has 0 aliphatic carbocycles. The van der Waals surface area contributed by atoms with Crippen LogP contribution >= 0.6 is 0 Å².